The highest BCUT2D eigenvalue weighted by molar-refractivity contribution is 7.89. The second kappa shape index (κ2) is 6.64. The van der Waals surface area contributed by atoms with Crippen molar-refractivity contribution in [3.8, 4) is 0 Å². The van der Waals surface area contributed by atoms with Gasteiger partial charge >= 0.3 is 6.18 Å². The van der Waals surface area contributed by atoms with Gasteiger partial charge in [0, 0.05) is 23.9 Å². The minimum atomic E-state index is -4.63. The second-order valence-electron chi connectivity index (χ2n) is 8.64. The highest BCUT2D eigenvalue weighted by atomic mass is 32.2. The molecule has 1 aromatic carbocycles. The maximum atomic E-state index is 13.7. The van der Waals surface area contributed by atoms with Crippen LogP contribution in [0, 0.1) is 0 Å². The predicted octanol–water partition coefficient (Wildman–Crippen LogP) is 4.29. The summed E-state index contributed by atoms with van der Waals surface area (Å²) in [7, 11) is -4.10. The molecule has 3 aromatic rings. The molecule has 0 saturated heterocycles. The van der Waals surface area contributed by atoms with Crippen molar-refractivity contribution in [2.45, 2.75) is 54.8 Å². The molecule has 1 N–H and O–H groups in total. The standard InChI is InChI=1S/C22H19F3N4O2S/c23-22(24,25)21-7-6-13(10-26-21)32(30,31)29-19-8-16-14(12-4-5-12)2-1-3-15(16)20(29)9-18-17(19)11-27-28-18/h1-3,6-7,10-12,19-20H,4-5,8-9H2,(H,27,28). The molecule has 2 aliphatic heterocycles. The van der Waals surface area contributed by atoms with Crippen LogP contribution in [0.4, 0.5) is 13.2 Å². The maximum absolute atomic E-state index is 13.7. The van der Waals surface area contributed by atoms with E-state index in [0.29, 0.717) is 18.8 Å². The molecule has 32 heavy (non-hydrogen) atoms. The van der Waals surface area contributed by atoms with Crippen LogP contribution < -0.4 is 0 Å². The van der Waals surface area contributed by atoms with Crippen LogP contribution in [0.2, 0.25) is 0 Å². The van der Waals surface area contributed by atoms with E-state index in [1.807, 2.05) is 12.1 Å². The summed E-state index contributed by atoms with van der Waals surface area (Å²) < 4.78 is 67.7. The third kappa shape index (κ3) is 2.92. The van der Waals surface area contributed by atoms with Crippen molar-refractivity contribution in [1.29, 1.82) is 0 Å². The molecule has 0 spiro atoms. The Kier molecular flexibility index (Phi) is 4.14. The fourth-order valence-corrected chi connectivity index (χ4v) is 6.87. The number of H-pyrrole nitrogens is 1. The zero-order chi connectivity index (χ0) is 22.3. The monoisotopic (exact) mass is 460 g/mol. The number of fused-ring (bicyclic) bond motifs is 6. The molecule has 1 aliphatic carbocycles. The molecule has 1 fully saturated rings. The zero-order valence-electron chi connectivity index (χ0n) is 16.8. The summed E-state index contributed by atoms with van der Waals surface area (Å²) in [6.45, 7) is 0. The van der Waals surface area contributed by atoms with Gasteiger partial charge in [-0.05, 0) is 54.0 Å². The summed E-state index contributed by atoms with van der Waals surface area (Å²) in [6.07, 6.45) is 1.06. The number of hydrogen-bond acceptors (Lipinski definition) is 4. The molecular formula is C22H19F3N4O2S. The van der Waals surface area contributed by atoms with Crippen LogP contribution in [-0.4, -0.2) is 27.9 Å². The molecule has 2 unspecified atom stereocenters. The number of sulfonamides is 1. The number of aromatic amines is 1. The van der Waals surface area contributed by atoms with E-state index in [9.17, 15) is 21.6 Å². The molecule has 3 aliphatic rings. The number of nitrogens with zero attached hydrogens (tertiary/aromatic N) is 3. The smallest absolute Gasteiger partial charge is 0.282 e. The van der Waals surface area contributed by atoms with Gasteiger partial charge in [-0.3, -0.25) is 10.1 Å². The van der Waals surface area contributed by atoms with Crippen molar-refractivity contribution >= 4 is 10.0 Å². The lowest BCUT2D eigenvalue weighted by atomic mass is 9.78. The quantitative estimate of drug-likeness (QED) is 0.633. The van der Waals surface area contributed by atoms with Gasteiger partial charge in [0.05, 0.1) is 18.3 Å². The van der Waals surface area contributed by atoms with Crippen LogP contribution in [0.15, 0.2) is 47.6 Å². The molecule has 0 radical (unpaired) electrons. The third-order valence-electron chi connectivity index (χ3n) is 6.75. The van der Waals surface area contributed by atoms with Gasteiger partial charge in [0.1, 0.15) is 10.6 Å². The van der Waals surface area contributed by atoms with E-state index >= 15 is 0 Å². The Morgan fingerprint density at radius 2 is 1.72 bits per heavy atom. The SMILES string of the molecule is O=S(=O)(c1ccc(C(F)(F)F)nc1)N1C2Cc3c(C4CC4)cccc3C1Cc1[nH]ncc12. The number of alkyl halides is 3. The lowest BCUT2D eigenvalue weighted by Gasteiger charge is -2.45. The first kappa shape index (κ1) is 19.9. The molecule has 166 valence electrons. The summed E-state index contributed by atoms with van der Waals surface area (Å²) >= 11 is 0. The number of benzene rings is 1. The predicted molar refractivity (Wildman–Crippen MR) is 108 cm³/mol. The first-order valence-electron chi connectivity index (χ1n) is 10.5. The van der Waals surface area contributed by atoms with E-state index in [1.165, 1.54) is 15.4 Å². The van der Waals surface area contributed by atoms with E-state index in [4.69, 9.17) is 0 Å². The summed E-state index contributed by atoms with van der Waals surface area (Å²) in [5.74, 6) is 0.525. The Bertz CT molecular complexity index is 1310. The number of halogens is 3. The van der Waals surface area contributed by atoms with Crippen LogP contribution in [-0.2, 0) is 29.0 Å². The molecule has 4 heterocycles. The van der Waals surface area contributed by atoms with E-state index < -0.39 is 34.0 Å². The number of hydrogen-bond donors (Lipinski definition) is 1. The van der Waals surface area contributed by atoms with Crippen LogP contribution in [0.5, 0.6) is 0 Å². The van der Waals surface area contributed by atoms with Crippen molar-refractivity contribution < 1.29 is 21.6 Å². The molecule has 2 aromatic heterocycles. The van der Waals surface area contributed by atoms with Crippen LogP contribution >= 0.6 is 0 Å². The van der Waals surface area contributed by atoms with Gasteiger partial charge in [0.25, 0.3) is 0 Å². The number of aromatic nitrogens is 3. The van der Waals surface area contributed by atoms with Gasteiger partial charge in [-0.2, -0.15) is 22.6 Å². The van der Waals surface area contributed by atoms with Gasteiger partial charge < -0.3 is 0 Å². The Balaban J connectivity index is 1.48. The fraction of sp³-hybridized carbons (Fsp3) is 0.364. The number of nitrogens with one attached hydrogen (secondary N) is 1. The number of pyridine rings is 1. The third-order valence-corrected chi connectivity index (χ3v) is 8.65. The largest absolute Gasteiger partial charge is 0.433 e. The van der Waals surface area contributed by atoms with Gasteiger partial charge in [0.2, 0.25) is 10.0 Å². The lowest BCUT2D eigenvalue weighted by Crippen LogP contribution is -2.46. The Hall–Kier alpha value is -2.72. The molecule has 2 atom stereocenters. The van der Waals surface area contributed by atoms with E-state index in [2.05, 4.69) is 21.2 Å². The van der Waals surface area contributed by atoms with Crippen molar-refractivity contribution in [3.05, 3.63) is 76.4 Å². The maximum Gasteiger partial charge on any atom is 0.433 e. The minimum absolute atomic E-state index is 0.241. The Morgan fingerprint density at radius 1 is 0.969 bits per heavy atom. The van der Waals surface area contributed by atoms with Crippen molar-refractivity contribution in [2.24, 2.45) is 0 Å². The molecule has 6 rings (SSSR count). The summed E-state index contributed by atoms with van der Waals surface area (Å²) in [5, 5.41) is 7.13. The molecule has 10 heteroatoms. The highest BCUT2D eigenvalue weighted by Gasteiger charge is 2.48. The molecular weight excluding hydrogens is 441 g/mol. The van der Waals surface area contributed by atoms with Gasteiger partial charge in [0.15, 0.2) is 0 Å². The second-order valence-corrected chi connectivity index (χ2v) is 10.5. The van der Waals surface area contributed by atoms with Crippen LogP contribution in [0.3, 0.4) is 0 Å². The molecule has 6 nitrogen and oxygen atoms in total. The summed E-state index contributed by atoms with van der Waals surface area (Å²) in [6, 6.07) is 6.86. The zero-order valence-corrected chi connectivity index (χ0v) is 17.6. The van der Waals surface area contributed by atoms with E-state index in [-0.39, 0.29) is 4.90 Å². The summed E-state index contributed by atoms with van der Waals surface area (Å²) in [5.41, 5.74) is 4.06. The van der Waals surface area contributed by atoms with Gasteiger partial charge in [-0.1, -0.05) is 18.2 Å². The highest BCUT2D eigenvalue weighted by Crippen LogP contribution is 2.52. The van der Waals surface area contributed by atoms with Crippen LogP contribution in [0.1, 0.15) is 64.5 Å². The van der Waals surface area contributed by atoms with Crippen molar-refractivity contribution in [3.63, 3.8) is 0 Å². The number of rotatable bonds is 3. The van der Waals surface area contributed by atoms with Crippen LogP contribution in [0.25, 0.3) is 0 Å². The normalized spacial score (nSPS) is 23.0. The van der Waals surface area contributed by atoms with Gasteiger partial charge in [-0.15, -0.1) is 0 Å². The molecule has 2 bridgehead atoms. The average Bonchev–Trinajstić information content (AvgIpc) is 3.50. The van der Waals surface area contributed by atoms with Crippen molar-refractivity contribution in [2.75, 3.05) is 0 Å². The lowest BCUT2D eigenvalue weighted by molar-refractivity contribution is -0.141. The molecule has 1 saturated carbocycles. The molecule has 0 amide bonds. The first-order valence-corrected chi connectivity index (χ1v) is 11.9. The average molecular weight is 460 g/mol. The first-order chi connectivity index (χ1) is 15.2. The van der Waals surface area contributed by atoms with Gasteiger partial charge in [-0.25, -0.2) is 8.42 Å². The summed E-state index contributed by atoms with van der Waals surface area (Å²) in [4.78, 5) is 3.14. The Morgan fingerprint density at radius 3 is 2.41 bits per heavy atom. The topological polar surface area (TPSA) is 79.0 Å². The Labute approximate surface area is 182 Å². The fourth-order valence-electron chi connectivity index (χ4n) is 5.16. The minimum Gasteiger partial charge on any atom is -0.282 e. The van der Waals surface area contributed by atoms with E-state index in [1.54, 1.807) is 6.20 Å². The van der Waals surface area contributed by atoms with E-state index in [0.717, 1.165) is 48.0 Å². The van der Waals surface area contributed by atoms with Crippen molar-refractivity contribution in [1.82, 2.24) is 19.5 Å².